The zero-order valence-electron chi connectivity index (χ0n) is 10.3. The maximum atomic E-state index is 6.24. The zero-order valence-corrected chi connectivity index (χ0v) is 10.3. The fourth-order valence-electron chi connectivity index (χ4n) is 2.73. The van der Waals surface area contributed by atoms with E-state index >= 15 is 0 Å². The van der Waals surface area contributed by atoms with Crippen LogP contribution in [0, 0.1) is 6.92 Å². The molecule has 88 valence electrons. The van der Waals surface area contributed by atoms with Crippen molar-refractivity contribution in [3.8, 4) is 0 Å². The minimum atomic E-state index is 0.299. The largest absolute Gasteiger partial charge is 0.326 e. The molecule has 0 aromatic heterocycles. The summed E-state index contributed by atoms with van der Waals surface area (Å²) in [5.74, 6) is 0. The minimum absolute atomic E-state index is 0.299. The Morgan fingerprint density at radius 2 is 2.25 bits per heavy atom. The number of hydrogen-bond acceptors (Lipinski definition) is 2. The van der Waals surface area contributed by atoms with Gasteiger partial charge in [-0.2, -0.15) is 0 Å². The quantitative estimate of drug-likeness (QED) is 0.844. The predicted molar refractivity (Wildman–Crippen MR) is 68.4 cm³/mol. The summed E-state index contributed by atoms with van der Waals surface area (Å²) in [7, 11) is 0. The number of rotatable bonds is 3. The molecule has 0 saturated carbocycles. The van der Waals surface area contributed by atoms with Gasteiger partial charge in [-0.15, -0.1) is 0 Å². The Morgan fingerprint density at radius 3 is 2.94 bits per heavy atom. The van der Waals surface area contributed by atoms with Gasteiger partial charge in [0.25, 0.3) is 0 Å². The van der Waals surface area contributed by atoms with Crippen LogP contribution in [0.15, 0.2) is 24.3 Å². The molecule has 2 nitrogen and oxygen atoms in total. The zero-order chi connectivity index (χ0) is 11.5. The lowest BCUT2D eigenvalue weighted by Crippen LogP contribution is -2.32. The molecule has 2 N–H and O–H groups in total. The van der Waals surface area contributed by atoms with Gasteiger partial charge in [0.1, 0.15) is 0 Å². The summed E-state index contributed by atoms with van der Waals surface area (Å²) >= 11 is 0. The second-order valence-corrected chi connectivity index (χ2v) is 4.85. The van der Waals surface area contributed by atoms with Gasteiger partial charge in [0.2, 0.25) is 0 Å². The number of aryl methyl sites for hydroxylation is 1. The van der Waals surface area contributed by atoms with Crippen LogP contribution in [0.3, 0.4) is 0 Å². The Labute approximate surface area is 98.4 Å². The van der Waals surface area contributed by atoms with Crippen LogP contribution in [0.25, 0.3) is 0 Å². The molecule has 0 spiro atoms. The second-order valence-electron chi connectivity index (χ2n) is 4.85. The van der Waals surface area contributed by atoms with Gasteiger partial charge < -0.3 is 5.73 Å². The van der Waals surface area contributed by atoms with Crippen LogP contribution >= 0.6 is 0 Å². The summed E-state index contributed by atoms with van der Waals surface area (Å²) in [5.41, 5.74) is 8.95. The van der Waals surface area contributed by atoms with Gasteiger partial charge in [-0.1, -0.05) is 36.8 Å². The lowest BCUT2D eigenvalue weighted by atomic mass is 9.99. The van der Waals surface area contributed by atoms with Gasteiger partial charge in [-0.05, 0) is 31.9 Å². The highest BCUT2D eigenvalue weighted by atomic mass is 15.2. The third-order valence-electron chi connectivity index (χ3n) is 3.44. The van der Waals surface area contributed by atoms with Crippen LogP contribution in [0.4, 0.5) is 0 Å². The molecule has 0 amide bonds. The van der Waals surface area contributed by atoms with E-state index in [1.807, 2.05) is 0 Å². The van der Waals surface area contributed by atoms with E-state index in [1.165, 1.54) is 17.5 Å². The minimum Gasteiger partial charge on any atom is -0.326 e. The van der Waals surface area contributed by atoms with Crippen molar-refractivity contribution < 1.29 is 0 Å². The first kappa shape index (κ1) is 11.6. The summed E-state index contributed by atoms with van der Waals surface area (Å²) < 4.78 is 0. The number of hydrogen-bond donors (Lipinski definition) is 1. The van der Waals surface area contributed by atoms with Crippen molar-refractivity contribution in [3.05, 3.63) is 35.4 Å². The summed E-state index contributed by atoms with van der Waals surface area (Å²) in [5, 5.41) is 0. The lowest BCUT2D eigenvalue weighted by Gasteiger charge is -2.27. The molecule has 0 bridgehead atoms. The molecular formula is C14H22N2. The third kappa shape index (κ3) is 2.28. The normalized spacial score (nSPS) is 26.2. The number of nitrogens with two attached hydrogens (primary N) is 1. The van der Waals surface area contributed by atoms with E-state index in [0.29, 0.717) is 12.1 Å². The van der Waals surface area contributed by atoms with Gasteiger partial charge >= 0.3 is 0 Å². The molecule has 1 saturated heterocycles. The van der Waals surface area contributed by atoms with Crippen LogP contribution in [0.1, 0.15) is 36.9 Å². The number of likely N-dealkylation sites (tertiary alicyclic amines) is 1. The summed E-state index contributed by atoms with van der Waals surface area (Å²) in [4.78, 5) is 2.53. The molecule has 16 heavy (non-hydrogen) atoms. The molecule has 1 aromatic rings. The average Bonchev–Trinajstić information content (AvgIpc) is 2.60. The van der Waals surface area contributed by atoms with E-state index in [-0.39, 0.29) is 0 Å². The first-order chi connectivity index (χ1) is 7.72. The van der Waals surface area contributed by atoms with Crippen molar-refractivity contribution in [2.24, 2.45) is 5.73 Å². The Morgan fingerprint density at radius 1 is 1.44 bits per heavy atom. The van der Waals surface area contributed by atoms with Crippen molar-refractivity contribution in [1.29, 1.82) is 0 Å². The Hall–Kier alpha value is -0.860. The average molecular weight is 218 g/mol. The smallest absolute Gasteiger partial charge is 0.0499 e. The molecule has 2 rings (SSSR count). The maximum absolute atomic E-state index is 6.24. The van der Waals surface area contributed by atoms with E-state index in [0.717, 1.165) is 19.5 Å². The monoisotopic (exact) mass is 218 g/mol. The highest BCUT2D eigenvalue weighted by molar-refractivity contribution is 5.27. The number of benzene rings is 1. The van der Waals surface area contributed by atoms with Crippen LogP contribution in [-0.4, -0.2) is 24.0 Å². The van der Waals surface area contributed by atoms with Gasteiger partial charge in [-0.25, -0.2) is 0 Å². The van der Waals surface area contributed by atoms with Gasteiger partial charge in [0.05, 0.1) is 0 Å². The lowest BCUT2D eigenvalue weighted by molar-refractivity contribution is 0.248. The fourth-order valence-corrected chi connectivity index (χ4v) is 2.73. The Balaban J connectivity index is 2.22. The molecule has 2 heteroatoms. The van der Waals surface area contributed by atoms with E-state index in [1.54, 1.807) is 0 Å². The molecule has 1 aliphatic rings. The highest BCUT2D eigenvalue weighted by Crippen LogP contribution is 2.31. The topological polar surface area (TPSA) is 29.3 Å². The van der Waals surface area contributed by atoms with Crippen LogP contribution < -0.4 is 5.73 Å². The van der Waals surface area contributed by atoms with E-state index < -0.39 is 0 Å². The van der Waals surface area contributed by atoms with Crippen molar-refractivity contribution in [2.75, 3.05) is 13.1 Å². The second kappa shape index (κ2) is 4.98. The molecule has 2 unspecified atom stereocenters. The van der Waals surface area contributed by atoms with Crippen molar-refractivity contribution in [3.63, 3.8) is 0 Å². The number of nitrogens with zero attached hydrogens (tertiary/aromatic N) is 1. The molecule has 0 radical (unpaired) electrons. The first-order valence-corrected chi connectivity index (χ1v) is 6.28. The molecular weight excluding hydrogens is 196 g/mol. The molecule has 1 fully saturated rings. The van der Waals surface area contributed by atoms with Crippen LogP contribution in [0.2, 0.25) is 0 Å². The summed E-state index contributed by atoms with van der Waals surface area (Å²) in [6.07, 6.45) is 2.33. The van der Waals surface area contributed by atoms with Crippen LogP contribution in [0.5, 0.6) is 0 Å². The SMILES string of the molecule is CCCN1CCC(N)C1c1cccc(C)c1. The van der Waals surface area contributed by atoms with Gasteiger partial charge in [0.15, 0.2) is 0 Å². The maximum Gasteiger partial charge on any atom is 0.0499 e. The molecule has 1 aliphatic heterocycles. The fraction of sp³-hybridized carbons (Fsp3) is 0.571. The van der Waals surface area contributed by atoms with Gasteiger partial charge in [-0.3, -0.25) is 4.90 Å². The molecule has 1 heterocycles. The van der Waals surface area contributed by atoms with E-state index in [2.05, 4.69) is 43.0 Å². The van der Waals surface area contributed by atoms with Crippen molar-refractivity contribution in [1.82, 2.24) is 4.90 Å². The van der Waals surface area contributed by atoms with Crippen molar-refractivity contribution >= 4 is 0 Å². The standard InChI is InChI=1S/C14H22N2/c1-3-8-16-9-7-13(15)14(16)12-6-4-5-11(2)10-12/h4-6,10,13-14H,3,7-9,15H2,1-2H3. The Kier molecular flexibility index (Phi) is 3.62. The summed E-state index contributed by atoms with van der Waals surface area (Å²) in [6, 6.07) is 9.51. The summed E-state index contributed by atoms with van der Waals surface area (Å²) in [6.45, 7) is 6.69. The van der Waals surface area contributed by atoms with Gasteiger partial charge in [0, 0.05) is 18.6 Å². The Bertz CT molecular complexity index is 346. The third-order valence-corrected chi connectivity index (χ3v) is 3.44. The molecule has 2 atom stereocenters. The molecule has 1 aromatic carbocycles. The molecule has 0 aliphatic carbocycles. The van der Waals surface area contributed by atoms with E-state index in [9.17, 15) is 0 Å². The van der Waals surface area contributed by atoms with E-state index in [4.69, 9.17) is 5.73 Å². The highest BCUT2D eigenvalue weighted by Gasteiger charge is 2.31. The van der Waals surface area contributed by atoms with Crippen LogP contribution in [-0.2, 0) is 0 Å². The van der Waals surface area contributed by atoms with Crippen molar-refractivity contribution in [2.45, 2.75) is 38.8 Å². The first-order valence-electron chi connectivity index (χ1n) is 6.28. The predicted octanol–water partition coefficient (Wildman–Crippen LogP) is 2.48.